The van der Waals surface area contributed by atoms with Gasteiger partial charge in [0.15, 0.2) is 11.5 Å². The molecule has 32 heavy (non-hydrogen) atoms. The highest BCUT2D eigenvalue weighted by molar-refractivity contribution is 7.22. The van der Waals surface area contributed by atoms with Gasteiger partial charge in [0, 0.05) is 12.5 Å². The molecule has 1 saturated carbocycles. The first kappa shape index (κ1) is 23.9. The molecule has 0 bridgehead atoms. The molecule has 172 valence electrons. The number of hydrogen-bond donors (Lipinski definition) is 3. The predicted molar refractivity (Wildman–Crippen MR) is 126 cm³/mol. The third kappa shape index (κ3) is 6.14. The van der Waals surface area contributed by atoms with E-state index in [1.807, 2.05) is 24.3 Å². The second-order valence-corrected chi connectivity index (χ2v) is 9.02. The number of benzene rings is 1. The van der Waals surface area contributed by atoms with Crippen LogP contribution in [-0.4, -0.2) is 40.6 Å². The molecule has 0 radical (unpaired) electrons. The number of rotatable bonds is 6. The van der Waals surface area contributed by atoms with Crippen molar-refractivity contribution in [1.82, 2.24) is 9.97 Å². The molecule has 0 aliphatic heterocycles. The molecule has 1 aliphatic rings. The maximum atomic E-state index is 8.56. The van der Waals surface area contributed by atoms with Crippen LogP contribution in [0.5, 0.6) is 11.5 Å². The molecule has 2 heterocycles. The van der Waals surface area contributed by atoms with Gasteiger partial charge < -0.3 is 25.0 Å². The molecule has 1 aromatic carbocycles. The number of fused-ring (bicyclic) bond motifs is 1. The number of nitrogens with zero attached hydrogens (tertiary/aromatic N) is 2. The smallest absolute Gasteiger partial charge is 0.493 e. The lowest BCUT2D eigenvalue weighted by molar-refractivity contribution is 0.137. The summed E-state index contributed by atoms with van der Waals surface area (Å²) >= 11 is 7.79. The Bertz CT molecular complexity index is 1070. The van der Waals surface area contributed by atoms with Gasteiger partial charge in [0.25, 0.3) is 0 Å². The van der Waals surface area contributed by atoms with E-state index in [9.17, 15) is 0 Å². The molecule has 1 aliphatic carbocycles. The molecular formula is C22H26ClN3O5S. The summed E-state index contributed by atoms with van der Waals surface area (Å²) in [4.78, 5) is 19.2. The molecule has 0 atom stereocenters. The predicted octanol–water partition coefficient (Wildman–Crippen LogP) is 6.24. The molecule has 2 aromatic heterocycles. The van der Waals surface area contributed by atoms with Crippen LogP contribution in [0.4, 0.5) is 10.6 Å². The second kappa shape index (κ2) is 11.2. The van der Waals surface area contributed by atoms with Gasteiger partial charge >= 0.3 is 6.16 Å². The number of carboxylic acid groups (broad SMARTS) is 2. The Morgan fingerprint density at radius 2 is 1.81 bits per heavy atom. The van der Waals surface area contributed by atoms with Crippen LogP contribution in [0.25, 0.3) is 10.2 Å². The van der Waals surface area contributed by atoms with Gasteiger partial charge in [0.1, 0.15) is 16.5 Å². The van der Waals surface area contributed by atoms with Gasteiger partial charge in [-0.25, -0.2) is 14.8 Å². The summed E-state index contributed by atoms with van der Waals surface area (Å²) in [5.74, 6) is 3.68. The van der Waals surface area contributed by atoms with Crippen molar-refractivity contribution in [1.29, 1.82) is 0 Å². The molecule has 0 spiro atoms. The minimum atomic E-state index is -1.83. The number of ether oxygens (including phenoxy) is 2. The molecule has 1 fully saturated rings. The SMILES string of the molecule is COc1ccc(CNc2nc(C3CCCCC3)nc3sc(Cl)cc23)cc1OC.O=C(O)O. The van der Waals surface area contributed by atoms with E-state index in [2.05, 4.69) is 5.32 Å². The van der Waals surface area contributed by atoms with Crippen LogP contribution in [0.2, 0.25) is 4.34 Å². The lowest BCUT2D eigenvalue weighted by Gasteiger charge is -2.21. The van der Waals surface area contributed by atoms with Crippen LogP contribution in [-0.2, 0) is 6.54 Å². The van der Waals surface area contributed by atoms with Crippen molar-refractivity contribution in [3.63, 3.8) is 0 Å². The molecule has 3 aromatic rings. The summed E-state index contributed by atoms with van der Waals surface area (Å²) < 4.78 is 11.5. The summed E-state index contributed by atoms with van der Waals surface area (Å²) in [7, 11) is 3.29. The van der Waals surface area contributed by atoms with Crippen molar-refractivity contribution in [3.8, 4) is 11.5 Å². The minimum Gasteiger partial charge on any atom is -0.493 e. The summed E-state index contributed by atoms with van der Waals surface area (Å²) in [6.45, 7) is 0.629. The Kier molecular flexibility index (Phi) is 8.35. The van der Waals surface area contributed by atoms with E-state index in [0.29, 0.717) is 12.5 Å². The first-order valence-electron chi connectivity index (χ1n) is 10.2. The first-order valence-corrected chi connectivity index (χ1v) is 11.4. The number of methoxy groups -OCH3 is 2. The summed E-state index contributed by atoms with van der Waals surface area (Å²) in [5.41, 5.74) is 1.09. The summed E-state index contributed by atoms with van der Waals surface area (Å²) in [6, 6.07) is 7.87. The number of nitrogens with one attached hydrogen (secondary N) is 1. The van der Waals surface area contributed by atoms with Crippen LogP contribution < -0.4 is 14.8 Å². The fraction of sp³-hybridized carbons (Fsp3) is 0.409. The van der Waals surface area contributed by atoms with Gasteiger partial charge in [-0.1, -0.05) is 36.9 Å². The number of aromatic nitrogens is 2. The van der Waals surface area contributed by atoms with Crippen LogP contribution in [0.15, 0.2) is 24.3 Å². The molecule has 0 amide bonds. The molecule has 3 N–H and O–H groups in total. The minimum absolute atomic E-state index is 0.445. The van der Waals surface area contributed by atoms with Crippen LogP contribution >= 0.6 is 22.9 Å². The average Bonchev–Trinajstić information content (AvgIpc) is 3.17. The molecular weight excluding hydrogens is 454 g/mol. The highest BCUT2D eigenvalue weighted by Crippen LogP contribution is 2.37. The lowest BCUT2D eigenvalue weighted by atomic mass is 9.89. The molecule has 0 saturated heterocycles. The summed E-state index contributed by atoms with van der Waals surface area (Å²) in [6.07, 6.45) is 4.32. The van der Waals surface area contributed by atoms with E-state index in [1.165, 1.54) is 43.4 Å². The quantitative estimate of drug-likeness (QED) is 0.380. The van der Waals surface area contributed by atoms with Crippen LogP contribution in [0.3, 0.4) is 0 Å². The Morgan fingerprint density at radius 1 is 1.12 bits per heavy atom. The van der Waals surface area contributed by atoms with Crippen molar-refractivity contribution < 1.29 is 24.5 Å². The van der Waals surface area contributed by atoms with Crippen molar-refractivity contribution in [3.05, 3.63) is 40.0 Å². The molecule has 0 unspecified atom stereocenters. The zero-order valence-electron chi connectivity index (χ0n) is 17.9. The van der Waals surface area contributed by atoms with Gasteiger partial charge in [-0.15, -0.1) is 11.3 Å². The number of thiophene rings is 1. The van der Waals surface area contributed by atoms with Crippen molar-refractivity contribution in [2.75, 3.05) is 19.5 Å². The average molecular weight is 480 g/mol. The third-order valence-corrected chi connectivity index (χ3v) is 6.42. The normalized spacial score (nSPS) is 13.8. The monoisotopic (exact) mass is 479 g/mol. The zero-order chi connectivity index (χ0) is 23.1. The second-order valence-electron chi connectivity index (χ2n) is 7.36. The maximum absolute atomic E-state index is 8.56. The number of hydrogen-bond acceptors (Lipinski definition) is 7. The fourth-order valence-electron chi connectivity index (χ4n) is 3.76. The Balaban J connectivity index is 0.000000668. The van der Waals surface area contributed by atoms with E-state index < -0.39 is 6.16 Å². The zero-order valence-corrected chi connectivity index (χ0v) is 19.5. The van der Waals surface area contributed by atoms with E-state index in [-0.39, 0.29) is 0 Å². The summed E-state index contributed by atoms with van der Waals surface area (Å²) in [5, 5.41) is 18.4. The standard InChI is InChI=1S/C21H24ClN3O2S.CH2O3/c1-26-16-9-8-13(10-17(16)27-2)12-23-20-15-11-18(22)28-21(15)25-19(24-20)14-6-4-3-5-7-14;2-1(3)4/h8-11,14H,3-7,12H2,1-2H3,(H,23,24,25);(H2,2,3,4). The van der Waals surface area contributed by atoms with E-state index in [4.69, 9.17) is 46.1 Å². The van der Waals surface area contributed by atoms with Crippen LogP contribution in [0.1, 0.15) is 49.4 Å². The van der Waals surface area contributed by atoms with E-state index >= 15 is 0 Å². The highest BCUT2D eigenvalue weighted by atomic mass is 35.5. The molecule has 8 nitrogen and oxygen atoms in total. The van der Waals surface area contributed by atoms with Gasteiger partial charge in [0.2, 0.25) is 0 Å². The topological polar surface area (TPSA) is 114 Å². The van der Waals surface area contributed by atoms with Crippen molar-refractivity contribution in [2.24, 2.45) is 0 Å². The molecule has 10 heteroatoms. The molecule has 4 rings (SSSR count). The van der Waals surface area contributed by atoms with Crippen LogP contribution in [0, 0.1) is 0 Å². The third-order valence-electron chi connectivity index (χ3n) is 5.26. The Morgan fingerprint density at radius 3 is 2.47 bits per heavy atom. The number of carbonyl (C=O) groups is 1. The fourth-order valence-corrected chi connectivity index (χ4v) is 4.86. The maximum Gasteiger partial charge on any atom is 0.503 e. The Hall–Kier alpha value is -2.78. The van der Waals surface area contributed by atoms with Gasteiger partial charge in [-0.3, -0.25) is 0 Å². The highest BCUT2D eigenvalue weighted by Gasteiger charge is 2.21. The first-order chi connectivity index (χ1) is 15.4. The Labute approximate surface area is 195 Å². The van der Waals surface area contributed by atoms with Gasteiger partial charge in [-0.05, 0) is 36.6 Å². The number of anilines is 1. The van der Waals surface area contributed by atoms with Crippen molar-refractivity contribution >= 4 is 45.1 Å². The van der Waals surface area contributed by atoms with Gasteiger partial charge in [0.05, 0.1) is 23.9 Å². The van der Waals surface area contributed by atoms with Crippen molar-refractivity contribution in [2.45, 2.75) is 44.6 Å². The van der Waals surface area contributed by atoms with Gasteiger partial charge in [-0.2, -0.15) is 0 Å². The largest absolute Gasteiger partial charge is 0.503 e. The number of halogens is 1. The van der Waals surface area contributed by atoms with E-state index in [1.54, 1.807) is 14.2 Å². The van der Waals surface area contributed by atoms with E-state index in [0.717, 1.165) is 43.3 Å². The lowest BCUT2D eigenvalue weighted by Crippen LogP contribution is -2.11.